The van der Waals surface area contributed by atoms with Gasteiger partial charge in [-0.3, -0.25) is 0 Å². The highest BCUT2D eigenvalue weighted by molar-refractivity contribution is 5.99. The van der Waals surface area contributed by atoms with Crippen LogP contribution in [0.2, 0.25) is 0 Å². The van der Waals surface area contributed by atoms with E-state index < -0.39 is 11.7 Å². The predicted molar refractivity (Wildman–Crippen MR) is 78.8 cm³/mol. The molecular weight excluding hydrogens is 275 g/mol. The molecule has 0 unspecified atom stereocenters. The first kappa shape index (κ1) is 13.5. The minimum absolute atomic E-state index is 0.126. The zero-order chi connectivity index (χ0) is 15.0. The van der Waals surface area contributed by atoms with Gasteiger partial charge in [0.05, 0.1) is 5.56 Å². The molecule has 0 aliphatic rings. The summed E-state index contributed by atoms with van der Waals surface area (Å²) in [6, 6.07) is 16.9. The second kappa shape index (κ2) is 4.81. The summed E-state index contributed by atoms with van der Waals surface area (Å²) in [6.45, 7) is 0. The smallest absolute Gasteiger partial charge is 0.398 e. The molecule has 3 aromatic rings. The molecule has 0 radical (unpaired) electrons. The van der Waals surface area contributed by atoms with Gasteiger partial charge in [-0.2, -0.15) is 13.2 Å². The predicted octanol–water partition coefficient (Wildman–Crippen LogP) is 5.11. The van der Waals surface area contributed by atoms with Gasteiger partial charge in [-0.25, -0.2) is 0 Å². The number of fused-ring (bicyclic) bond motifs is 1. The largest absolute Gasteiger partial charge is 0.416 e. The van der Waals surface area contributed by atoms with Crippen LogP contribution in [-0.4, -0.2) is 0 Å². The maximum Gasteiger partial charge on any atom is 0.416 e. The molecule has 3 aromatic carbocycles. The Hall–Kier alpha value is -2.49. The quantitative estimate of drug-likeness (QED) is 0.618. The maximum atomic E-state index is 12.7. The summed E-state index contributed by atoms with van der Waals surface area (Å²) in [5, 5.41) is 1.99. The Labute approximate surface area is 119 Å². The van der Waals surface area contributed by atoms with Gasteiger partial charge < -0.3 is 5.73 Å². The third-order valence-electron chi connectivity index (χ3n) is 3.46. The highest BCUT2D eigenvalue weighted by Crippen LogP contribution is 2.36. The molecule has 0 aromatic heterocycles. The number of nitrogen functional groups attached to an aromatic ring is 1. The molecule has 3 rings (SSSR count). The van der Waals surface area contributed by atoms with Crippen LogP contribution < -0.4 is 5.73 Å². The molecule has 2 N–H and O–H groups in total. The van der Waals surface area contributed by atoms with Crippen molar-refractivity contribution in [3.63, 3.8) is 0 Å². The number of halogens is 3. The monoisotopic (exact) mass is 287 g/mol. The van der Waals surface area contributed by atoms with Gasteiger partial charge in [0.1, 0.15) is 0 Å². The van der Waals surface area contributed by atoms with E-state index in [1.807, 2.05) is 42.5 Å². The van der Waals surface area contributed by atoms with Crippen LogP contribution in [0.4, 0.5) is 18.9 Å². The van der Waals surface area contributed by atoms with E-state index in [0.717, 1.165) is 28.5 Å². The van der Waals surface area contributed by atoms with Gasteiger partial charge in [-0.15, -0.1) is 0 Å². The van der Waals surface area contributed by atoms with Crippen molar-refractivity contribution in [3.05, 3.63) is 66.2 Å². The molecular formula is C17H12F3N. The SMILES string of the molecule is Nc1cc(C(F)(F)F)ccc1-c1cccc2ccccc12. The first-order valence-corrected chi connectivity index (χ1v) is 6.42. The fraction of sp³-hybridized carbons (Fsp3) is 0.0588. The molecule has 0 heterocycles. The number of hydrogen-bond acceptors (Lipinski definition) is 1. The van der Waals surface area contributed by atoms with Crippen molar-refractivity contribution in [3.8, 4) is 11.1 Å². The standard InChI is InChI=1S/C17H12F3N/c18-17(19,20)12-8-9-15(16(21)10-12)14-7-3-5-11-4-1-2-6-13(11)14/h1-10H,21H2. The van der Waals surface area contributed by atoms with Gasteiger partial charge in [0.2, 0.25) is 0 Å². The van der Waals surface area contributed by atoms with Crippen molar-refractivity contribution in [2.45, 2.75) is 6.18 Å². The van der Waals surface area contributed by atoms with E-state index in [1.165, 1.54) is 6.07 Å². The lowest BCUT2D eigenvalue weighted by Gasteiger charge is -2.12. The average molecular weight is 287 g/mol. The lowest BCUT2D eigenvalue weighted by Crippen LogP contribution is -2.06. The van der Waals surface area contributed by atoms with Crippen LogP contribution in [0.3, 0.4) is 0 Å². The van der Waals surface area contributed by atoms with Crippen molar-refractivity contribution in [2.24, 2.45) is 0 Å². The second-order valence-electron chi connectivity index (χ2n) is 4.83. The van der Waals surface area contributed by atoms with Gasteiger partial charge >= 0.3 is 6.18 Å². The normalized spacial score (nSPS) is 11.8. The van der Waals surface area contributed by atoms with Crippen LogP contribution in [-0.2, 0) is 6.18 Å². The summed E-state index contributed by atoms with van der Waals surface area (Å²) < 4.78 is 38.1. The van der Waals surface area contributed by atoms with E-state index in [2.05, 4.69) is 0 Å². The van der Waals surface area contributed by atoms with Crippen molar-refractivity contribution >= 4 is 16.5 Å². The summed E-state index contributed by atoms with van der Waals surface area (Å²) in [6.07, 6.45) is -4.38. The molecule has 0 saturated carbocycles. The fourth-order valence-electron chi connectivity index (χ4n) is 2.44. The van der Waals surface area contributed by atoms with Crippen molar-refractivity contribution < 1.29 is 13.2 Å². The lowest BCUT2D eigenvalue weighted by atomic mass is 9.96. The minimum Gasteiger partial charge on any atom is -0.398 e. The first-order chi connectivity index (χ1) is 9.97. The molecule has 0 aliphatic carbocycles. The van der Waals surface area contributed by atoms with E-state index in [9.17, 15) is 13.2 Å². The molecule has 0 fully saturated rings. The Kier molecular flexibility index (Phi) is 3.09. The Balaban J connectivity index is 2.20. The van der Waals surface area contributed by atoms with Crippen LogP contribution >= 0.6 is 0 Å². The van der Waals surface area contributed by atoms with Crippen LogP contribution in [0.1, 0.15) is 5.56 Å². The van der Waals surface area contributed by atoms with Gasteiger partial charge in [-0.05, 0) is 28.5 Å². The molecule has 0 spiro atoms. The summed E-state index contributed by atoms with van der Waals surface area (Å²) in [5.41, 5.74) is 6.68. The molecule has 0 atom stereocenters. The molecule has 0 aliphatic heterocycles. The average Bonchev–Trinajstić information content (AvgIpc) is 2.46. The zero-order valence-corrected chi connectivity index (χ0v) is 11.0. The van der Waals surface area contributed by atoms with Crippen LogP contribution in [0.15, 0.2) is 60.7 Å². The van der Waals surface area contributed by atoms with Crippen LogP contribution in [0.25, 0.3) is 21.9 Å². The third-order valence-corrected chi connectivity index (χ3v) is 3.46. The van der Waals surface area contributed by atoms with Gasteiger partial charge in [0.25, 0.3) is 0 Å². The van der Waals surface area contributed by atoms with E-state index in [1.54, 1.807) is 0 Å². The Bertz CT molecular complexity index is 801. The molecule has 4 heteroatoms. The summed E-state index contributed by atoms with van der Waals surface area (Å²) >= 11 is 0. The number of benzene rings is 3. The van der Waals surface area contributed by atoms with Crippen molar-refractivity contribution in [1.82, 2.24) is 0 Å². The van der Waals surface area contributed by atoms with E-state index in [0.29, 0.717) is 5.56 Å². The molecule has 0 saturated heterocycles. The second-order valence-corrected chi connectivity index (χ2v) is 4.83. The molecule has 1 nitrogen and oxygen atoms in total. The first-order valence-electron chi connectivity index (χ1n) is 6.42. The van der Waals surface area contributed by atoms with Crippen molar-refractivity contribution in [2.75, 3.05) is 5.73 Å². The van der Waals surface area contributed by atoms with Gasteiger partial charge in [-0.1, -0.05) is 48.5 Å². The van der Waals surface area contributed by atoms with Crippen molar-refractivity contribution in [1.29, 1.82) is 0 Å². The number of anilines is 1. The van der Waals surface area contributed by atoms with E-state index in [4.69, 9.17) is 5.73 Å². The third kappa shape index (κ3) is 2.44. The summed E-state index contributed by atoms with van der Waals surface area (Å²) in [7, 11) is 0. The highest BCUT2D eigenvalue weighted by atomic mass is 19.4. The van der Waals surface area contributed by atoms with Gasteiger partial charge in [0, 0.05) is 11.3 Å². The fourth-order valence-corrected chi connectivity index (χ4v) is 2.44. The van der Waals surface area contributed by atoms with E-state index >= 15 is 0 Å². The number of hydrogen-bond donors (Lipinski definition) is 1. The Morgan fingerprint density at radius 1 is 0.762 bits per heavy atom. The topological polar surface area (TPSA) is 26.0 Å². The summed E-state index contributed by atoms with van der Waals surface area (Å²) in [5.74, 6) is 0. The number of nitrogens with two attached hydrogens (primary N) is 1. The van der Waals surface area contributed by atoms with Gasteiger partial charge in [0.15, 0.2) is 0 Å². The summed E-state index contributed by atoms with van der Waals surface area (Å²) in [4.78, 5) is 0. The maximum absolute atomic E-state index is 12.7. The molecule has 106 valence electrons. The van der Waals surface area contributed by atoms with Crippen LogP contribution in [0, 0.1) is 0 Å². The highest BCUT2D eigenvalue weighted by Gasteiger charge is 2.30. The van der Waals surface area contributed by atoms with Crippen LogP contribution in [0.5, 0.6) is 0 Å². The minimum atomic E-state index is -4.38. The lowest BCUT2D eigenvalue weighted by molar-refractivity contribution is -0.137. The Morgan fingerprint density at radius 2 is 1.48 bits per heavy atom. The Morgan fingerprint density at radius 3 is 2.19 bits per heavy atom. The van der Waals surface area contributed by atoms with E-state index in [-0.39, 0.29) is 5.69 Å². The molecule has 0 bridgehead atoms. The number of alkyl halides is 3. The molecule has 0 amide bonds. The molecule has 21 heavy (non-hydrogen) atoms. The number of rotatable bonds is 1. The zero-order valence-electron chi connectivity index (χ0n) is 11.0.